The summed E-state index contributed by atoms with van der Waals surface area (Å²) < 4.78 is 0. The Morgan fingerprint density at radius 2 is 0.778 bits per heavy atom. The average Bonchev–Trinajstić information content (AvgIpc) is 2.36. The fourth-order valence-electron chi connectivity index (χ4n) is 2.08. The normalized spacial score (nSPS) is 11.8. The van der Waals surface area contributed by atoms with Crippen molar-refractivity contribution in [1.29, 1.82) is 0 Å². The molecule has 2 nitrogen and oxygen atoms in total. The molecular weight excluding hydrogens is 246 g/mol. The van der Waals surface area contributed by atoms with Crippen LogP contribution in [0.2, 0.25) is 0 Å². The second-order valence-corrected chi connectivity index (χ2v) is 3.75. The molecule has 0 N–H and O–H groups in total. The van der Waals surface area contributed by atoms with E-state index in [4.69, 9.17) is 0 Å². The van der Waals surface area contributed by atoms with E-state index >= 15 is 0 Å². The van der Waals surface area contributed by atoms with Gasteiger partial charge in [0.2, 0.25) is 11.6 Å². The molecule has 0 saturated carbocycles. The Kier molecular flexibility index (Phi) is 5.53. The summed E-state index contributed by atoms with van der Waals surface area (Å²) in [4.78, 5) is 23.7. The van der Waals surface area contributed by atoms with Gasteiger partial charge in [0.15, 0.2) is 0 Å². The van der Waals surface area contributed by atoms with Crippen molar-refractivity contribution >= 4 is 70.7 Å². The molecule has 0 fully saturated rings. The summed E-state index contributed by atoms with van der Waals surface area (Å²) in [5.74, 6) is -0.816. The summed E-state index contributed by atoms with van der Waals surface area (Å²) >= 11 is 0. The van der Waals surface area contributed by atoms with Crippen LogP contribution in [0.5, 0.6) is 0 Å². The van der Waals surface area contributed by atoms with E-state index in [-0.39, 0.29) is 59.1 Å². The van der Waals surface area contributed by atoms with Gasteiger partial charge in [-0.1, -0.05) is 48.5 Å². The maximum atomic E-state index is 11.8. The van der Waals surface area contributed by atoms with Gasteiger partial charge >= 0.3 is 59.1 Å². The van der Waals surface area contributed by atoms with Crippen molar-refractivity contribution in [3.8, 4) is 11.1 Å². The zero-order chi connectivity index (χ0) is 11.1. The van der Waals surface area contributed by atoms with Crippen molar-refractivity contribution in [2.24, 2.45) is 0 Å². The van der Waals surface area contributed by atoms with Crippen LogP contribution in [0, 0.1) is 0 Å². The molecule has 1 aliphatic carbocycles. The Balaban J connectivity index is 0.000000810. The minimum atomic E-state index is -0.408. The standard InChI is InChI=1S/C14H8O2.2Na.2H/c15-13-11-7-3-1-5-9(11)10-6-2-4-8-12(10)14(13)16;;;;/h1-8H;;;;. The van der Waals surface area contributed by atoms with Crippen LogP contribution in [0.25, 0.3) is 11.1 Å². The Bertz CT molecular complexity index is 565. The average molecular weight is 256 g/mol. The Morgan fingerprint density at radius 3 is 1.11 bits per heavy atom. The fraction of sp³-hybridized carbons (Fsp3) is 0. The van der Waals surface area contributed by atoms with Gasteiger partial charge in [-0.15, -0.1) is 0 Å². The SMILES string of the molecule is O=C1C(=O)c2ccccc2-c2ccccc21.[NaH].[NaH]. The number of hydrogen-bond donors (Lipinski definition) is 0. The molecule has 4 heteroatoms. The summed E-state index contributed by atoms with van der Waals surface area (Å²) in [7, 11) is 0. The predicted molar refractivity (Wildman–Crippen MR) is 74.8 cm³/mol. The first-order chi connectivity index (χ1) is 7.79. The molecule has 0 aromatic heterocycles. The van der Waals surface area contributed by atoms with E-state index in [1.54, 1.807) is 24.3 Å². The van der Waals surface area contributed by atoms with Crippen LogP contribution >= 0.6 is 0 Å². The van der Waals surface area contributed by atoms with Gasteiger partial charge in [0.1, 0.15) is 0 Å². The van der Waals surface area contributed by atoms with E-state index < -0.39 is 11.6 Å². The van der Waals surface area contributed by atoms with Crippen LogP contribution in [-0.2, 0) is 0 Å². The van der Waals surface area contributed by atoms with Crippen LogP contribution < -0.4 is 0 Å². The van der Waals surface area contributed by atoms with Gasteiger partial charge in [-0.05, 0) is 11.1 Å². The van der Waals surface area contributed by atoms with E-state index in [1.165, 1.54) is 0 Å². The minimum absolute atomic E-state index is 0. The van der Waals surface area contributed by atoms with Crippen LogP contribution in [0.15, 0.2) is 48.5 Å². The molecule has 0 unspecified atom stereocenters. The van der Waals surface area contributed by atoms with Crippen LogP contribution in [0.1, 0.15) is 20.7 Å². The van der Waals surface area contributed by atoms with E-state index in [9.17, 15) is 9.59 Å². The summed E-state index contributed by atoms with van der Waals surface area (Å²) in [5.41, 5.74) is 2.71. The van der Waals surface area contributed by atoms with Gasteiger partial charge in [0, 0.05) is 11.1 Å². The number of fused-ring (bicyclic) bond motifs is 3. The first-order valence-corrected chi connectivity index (χ1v) is 5.06. The molecule has 2 aromatic carbocycles. The number of benzene rings is 2. The van der Waals surface area contributed by atoms with Gasteiger partial charge in [-0.3, -0.25) is 9.59 Å². The fourth-order valence-corrected chi connectivity index (χ4v) is 2.08. The van der Waals surface area contributed by atoms with E-state index in [0.717, 1.165) is 11.1 Å². The van der Waals surface area contributed by atoms with Crippen LogP contribution in [-0.4, -0.2) is 70.7 Å². The van der Waals surface area contributed by atoms with Gasteiger partial charge < -0.3 is 0 Å². The molecule has 0 atom stereocenters. The third-order valence-corrected chi connectivity index (χ3v) is 2.84. The van der Waals surface area contributed by atoms with Crippen molar-refractivity contribution in [3.63, 3.8) is 0 Å². The number of hydrogen-bond acceptors (Lipinski definition) is 2. The molecule has 2 aromatic rings. The molecule has 0 saturated heterocycles. The first kappa shape index (κ1) is 15.8. The molecule has 0 radical (unpaired) electrons. The second kappa shape index (κ2) is 6.29. The molecule has 0 aliphatic heterocycles. The van der Waals surface area contributed by atoms with Crippen molar-refractivity contribution in [3.05, 3.63) is 59.7 Å². The van der Waals surface area contributed by atoms with Crippen molar-refractivity contribution in [2.75, 3.05) is 0 Å². The Hall–Kier alpha value is -0.220. The molecule has 0 bridgehead atoms. The number of carbonyl (C=O) groups excluding carboxylic acids is 2. The van der Waals surface area contributed by atoms with Crippen molar-refractivity contribution in [2.45, 2.75) is 0 Å². The van der Waals surface area contributed by atoms with E-state index in [2.05, 4.69) is 0 Å². The van der Waals surface area contributed by atoms with E-state index in [0.29, 0.717) is 11.1 Å². The summed E-state index contributed by atoms with van der Waals surface area (Å²) in [5, 5.41) is 0. The third kappa shape index (κ3) is 2.42. The number of carbonyl (C=O) groups is 2. The Labute approximate surface area is 149 Å². The zero-order valence-electron chi connectivity index (χ0n) is 8.44. The zero-order valence-corrected chi connectivity index (χ0v) is 8.44. The first-order valence-electron chi connectivity index (χ1n) is 5.06. The molecule has 80 valence electrons. The van der Waals surface area contributed by atoms with Gasteiger partial charge in [-0.25, -0.2) is 0 Å². The van der Waals surface area contributed by atoms with Crippen LogP contribution in [0.3, 0.4) is 0 Å². The number of rotatable bonds is 0. The maximum absolute atomic E-state index is 11.8. The summed E-state index contributed by atoms with van der Waals surface area (Å²) in [6, 6.07) is 14.4. The van der Waals surface area contributed by atoms with Crippen molar-refractivity contribution < 1.29 is 9.59 Å². The van der Waals surface area contributed by atoms with Crippen LogP contribution in [0.4, 0.5) is 0 Å². The third-order valence-electron chi connectivity index (χ3n) is 2.84. The Morgan fingerprint density at radius 1 is 0.500 bits per heavy atom. The van der Waals surface area contributed by atoms with Gasteiger partial charge in [-0.2, -0.15) is 0 Å². The molecule has 18 heavy (non-hydrogen) atoms. The number of ketones is 2. The molecular formula is C14H10Na2O2. The van der Waals surface area contributed by atoms with Gasteiger partial charge in [0.05, 0.1) is 0 Å². The van der Waals surface area contributed by atoms with E-state index in [1.807, 2.05) is 24.3 Å². The summed E-state index contributed by atoms with van der Waals surface area (Å²) in [6.45, 7) is 0. The quantitative estimate of drug-likeness (QED) is 0.528. The monoisotopic (exact) mass is 256 g/mol. The molecule has 0 heterocycles. The summed E-state index contributed by atoms with van der Waals surface area (Å²) in [6.07, 6.45) is 0. The molecule has 1 aliphatic rings. The molecule has 3 rings (SSSR count). The van der Waals surface area contributed by atoms with Gasteiger partial charge in [0.25, 0.3) is 0 Å². The van der Waals surface area contributed by atoms with Crippen molar-refractivity contribution in [1.82, 2.24) is 0 Å². The molecule has 0 spiro atoms. The topological polar surface area (TPSA) is 34.1 Å². The predicted octanol–water partition coefficient (Wildman–Crippen LogP) is 1.44. The number of Topliss-reactive ketones (excluding diaryl/α,β-unsaturated/α-hetero) is 2. The molecule has 0 amide bonds. The second-order valence-electron chi connectivity index (χ2n) is 3.75.